The number of carbonyl (C=O) groups excluding carboxylic acids is 2. The quantitative estimate of drug-likeness (QED) is 0.686. The molecule has 0 spiro atoms. The van der Waals surface area contributed by atoms with Crippen molar-refractivity contribution in [2.24, 2.45) is 0 Å². The van der Waals surface area contributed by atoms with Crippen molar-refractivity contribution in [3.63, 3.8) is 0 Å². The van der Waals surface area contributed by atoms with Crippen LogP contribution in [0.25, 0.3) is 0 Å². The third kappa shape index (κ3) is 6.61. The molecule has 0 aromatic heterocycles. The molecule has 0 radical (unpaired) electrons. The maximum atomic E-state index is 11.8. The van der Waals surface area contributed by atoms with Crippen LogP contribution >= 0.6 is 35.0 Å². The first kappa shape index (κ1) is 19.6. The summed E-state index contributed by atoms with van der Waals surface area (Å²) in [4.78, 5) is 23.5. The first-order valence-corrected chi connectivity index (χ1v) is 9.39. The van der Waals surface area contributed by atoms with Crippen molar-refractivity contribution < 1.29 is 14.3 Å². The SMILES string of the molecule is Cc1ccc(CSCC(=O)OCC(=O)Nc2c(Cl)cccc2Cl)cc1. The summed E-state index contributed by atoms with van der Waals surface area (Å²) in [6.45, 7) is 1.64. The lowest BCUT2D eigenvalue weighted by molar-refractivity contribution is -0.144. The average molecular weight is 398 g/mol. The molecule has 4 nitrogen and oxygen atoms in total. The van der Waals surface area contributed by atoms with Crippen LogP contribution in [0.2, 0.25) is 10.0 Å². The van der Waals surface area contributed by atoms with Gasteiger partial charge in [-0.1, -0.05) is 59.1 Å². The standard InChI is InChI=1S/C18H17Cl2NO3S/c1-12-5-7-13(8-6-12)10-25-11-17(23)24-9-16(22)21-18-14(19)3-2-4-15(18)20/h2-8H,9-11H2,1H3,(H,21,22). The predicted molar refractivity (Wildman–Crippen MR) is 103 cm³/mol. The van der Waals surface area contributed by atoms with Crippen molar-refractivity contribution in [1.29, 1.82) is 0 Å². The van der Waals surface area contributed by atoms with Crippen molar-refractivity contribution in [1.82, 2.24) is 0 Å². The first-order chi connectivity index (χ1) is 12.0. The van der Waals surface area contributed by atoms with E-state index < -0.39 is 11.9 Å². The molecule has 132 valence electrons. The number of thioether (sulfide) groups is 1. The number of nitrogens with one attached hydrogen (secondary N) is 1. The van der Waals surface area contributed by atoms with Gasteiger partial charge in [0.1, 0.15) is 0 Å². The van der Waals surface area contributed by atoms with E-state index in [1.54, 1.807) is 18.2 Å². The van der Waals surface area contributed by atoms with Gasteiger partial charge in [-0.2, -0.15) is 0 Å². The van der Waals surface area contributed by atoms with Gasteiger partial charge in [0.05, 0.1) is 21.5 Å². The Labute approximate surface area is 160 Å². The number of anilines is 1. The van der Waals surface area contributed by atoms with Crippen LogP contribution in [0.15, 0.2) is 42.5 Å². The number of ether oxygens (including phenoxy) is 1. The molecule has 1 N–H and O–H groups in total. The van der Waals surface area contributed by atoms with Gasteiger partial charge in [-0.15, -0.1) is 11.8 Å². The zero-order valence-corrected chi connectivity index (χ0v) is 15.9. The van der Waals surface area contributed by atoms with E-state index in [1.165, 1.54) is 17.3 Å². The Balaban J connectivity index is 1.70. The maximum absolute atomic E-state index is 11.8. The summed E-state index contributed by atoms with van der Waals surface area (Å²) in [6.07, 6.45) is 0. The molecule has 2 aromatic rings. The number of rotatable bonds is 7. The Morgan fingerprint density at radius 2 is 1.72 bits per heavy atom. The summed E-state index contributed by atoms with van der Waals surface area (Å²) in [5, 5.41) is 3.17. The van der Waals surface area contributed by atoms with E-state index in [-0.39, 0.29) is 12.4 Å². The van der Waals surface area contributed by atoms with Gasteiger partial charge in [0.2, 0.25) is 0 Å². The Morgan fingerprint density at radius 3 is 2.36 bits per heavy atom. The smallest absolute Gasteiger partial charge is 0.316 e. The van der Waals surface area contributed by atoms with E-state index >= 15 is 0 Å². The van der Waals surface area contributed by atoms with Gasteiger partial charge in [0.15, 0.2) is 6.61 Å². The number of aryl methyl sites for hydroxylation is 1. The molecule has 25 heavy (non-hydrogen) atoms. The molecule has 0 unspecified atom stereocenters. The number of hydrogen-bond donors (Lipinski definition) is 1. The summed E-state index contributed by atoms with van der Waals surface area (Å²) in [6, 6.07) is 13.0. The number of amides is 1. The van der Waals surface area contributed by atoms with Crippen LogP contribution in [0.1, 0.15) is 11.1 Å². The fraction of sp³-hybridized carbons (Fsp3) is 0.222. The minimum absolute atomic E-state index is 0.175. The van der Waals surface area contributed by atoms with Crippen LogP contribution in [0, 0.1) is 6.92 Å². The Hall–Kier alpha value is -1.69. The monoisotopic (exact) mass is 397 g/mol. The van der Waals surface area contributed by atoms with Gasteiger partial charge in [-0.25, -0.2) is 0 Å². The fourth-order valence-corrected chi connectivity index (χ4v) is 3.19. The molecular formula is C18H17Cl2NO3S. The lowest BCUT2D eigenvalue weighted by Gasteiger charge is -2.09. The summed E-state index contributed by atoms with van der Waals surface area (Å²) in [5.74, 6) is -0.0606. The predicted octanol–water partition coefficient (Wildman–Crippen LogP) is 4.72. The Kier molecular flexibility index (Phi) is 7.62. The van der Waals surface area contributed by atoms with Crippen LogP contribution in [0.3, 0.4) is 0 Å². The topological polar surface area (TPSA) is 55.4 Å². The molecule has 7 heteroatoms. The van der Waals surface area contributed by atoms with E-state index in [4.69, 9.17) is 27.9 Å². The number of esters is 1. The lowest BCUT2D eigenvalue weighted by atomic mass is 10.2. The first-order valence-electron chi connectivity index (χ1n) is 7.48. The van der Waals surface area contributed by atoms with Gasteiger partial charge < -0.3 is 10.1 Å². The van der Waals surface area contributed by atoms with E-state index in [9.17, 15) is 9.59 Å². The summed E-state index contributed by atoms with van der Waals surface area (Å²) < 4.78 is 4.95. The van der Waals surface area contributed by atoms with Crippen molar-refractivity contribution in [2.75, 3.05) is 17.7 Å². The summed E-state index contributed by atoms with van der Waals surface area (Å²) in [5.41, 5.74) is 2.63. The third-order valence-corrected chi connectivity index (χ3v) is 4.81. The molecule has 2 rings (SSSR count). The number of para-hydroxylation sites is 1. The molecular weight excluding hydrogens is 381 g/mol. The molecule has 0 bridgehead atoms. The average Bonchev–Trinajstić information content (AvgIpc) is 2.58. The third-order valence-electron chi connectivity index (χ3n) is 3.20. The maximum Gasteiger partial charge on any atom is 0.316 e. The zero-order chi connectivity index (χ0) is 18.2. The van der Waals surface area contributed by atoms with E-state index in [1.807, 2.05) is 31.2 Å². The van der Waals surface area contributed by atoms with Crippen LogP contribution in [0.4, 0.5) is 5.69 Å². The summed E-state index contributed by atoms with van der Waals surface area (Å²) in [7, 11) is 0. The number of benzene rings is 2. The second-order valence-corrected chi connectivity index (χ2v) is 7.08. The van der Waals surface area contributed by atoms with Gasteiger partial charge >= 0.3 is 5.97 Å². The Morgan fingerprint density at radius 1 is 1.08 bits per heavy atom. The highest BCUT2D eigenvalue weighted by molar-refractivity contribution is 7.99. The molecule has 0 fully saturated rings. The highest BCUT2D eigenvalue weighted by Crippen LogP contribution is 2.29. The molecule has 0 aliphatic carbocycles. The van der Waals surface area contributed by atoms with Crippen LogP contribution < -0.4 is 5.32 Å². The molecule has 0 heterocycles. The van der Waals surface area contributed by atoms with E-state index in [2.05, 4.69) is 5.32 Å². The van der Waals surface area contributed by atoms with Crippen molar-refractivity contribution >= 4 is 52.5 Å². The minimum Gasteiger partial charge on any atom is -0.455 e. The second kappa shape index (κ2) is 9.70. The highest BCUT2D eigenvalue weighted by atomic mass is 35.5. The van der Waals surface area contributed by atoms with Gasteiger partial charge in [-0.05, 0) is 24.6 Å². The van der Waals surface area contributed by atoms with E-state index in [0.29, 0.717) is 21.5 Å². The molecule has 1 amide bonds. The van der Waals surface area contributed by atoms with Gasteiger partial charge in [-0.3, -0.25) is 9.59 Å². The lowest BCUT2D eigenvalue weighted by Crippen LogP contribution is -2.22. The number of carbonyl (C=O) groups is 2. The molecule has 0 atom stereocenters. The minimum atomic E-state index is -0.494. The van der Waals surface area contributed by atoms with Gasteiger partial charge in [0.25, 0.3) is 5.91 Å². The fourth-order valence-electron chi connectivity index (χ4n) is 1.92. The molecule has 2 aromatic carbocycles. The van der Waals surface area contributed by atoms with Crippen molar-refractivity contribution in [3.05, 3.63) is 63.6 Å². The van der Waals surface area contributed by atoms with Gasteiger partial charge in [0, 0.05) is 5.75 Å². The second-order valence-electron chi connectivity index (χ2n) is 5.28. The Bertz CT molecular complexity index is 730. The van der Waals surface area contributed by atoms with E-state index in [0.717, 1.165) is 5.56 Å². The molecule has 0 aliphatic heterocycles. The molecule has 0 saturated carbocycles. The van der Waals surface area contributed by atoms with Crippen molar-refractivity contribution in [3.8, 4) is 0 Å². The van der Waals surface area contributed by atoms with Crippen molar-refractivity contribution in [2.45, 2.75) is 12.7 Å². The summed E-state index contributed by atoms with van der Waals surface area (Å²) >= 11 is 13.4. The van der Waals surface area contributed by atoms with Crippen LogP contribution in [0.5, 0.6) is 0 Å². The number of halogens is 2. The largest absolute Gasteiger partial charge is 0.455 e. The highest BCUT2D eigenvalue weighted by Gasteiger charge is 2.12. The molecule has 0 saturated heterocycles. The zero-order valence-electron chi connectivity index (χ0n) is 13.6. The molecule has 0 aliphatic rings. The number of hydrogen-bond acceptors (Lipinski definition) is 4. The normalized spacial score (nSPS) is 10.4. The van der Waals surface area contributed by atoms with Crippen LogP contribution in [-0.4, -0.2) is 24.2 Å². The van der Waals surface area contributed by atoms with Crippen LogP contribution in [-0.2, 0) is 20.1 Å².